The summed E-state index contributed by atoms with van der Waals surface area (Å²) in [5.41, 5.74) is 0. The molecular weight excluding hydrogens is 314 g/mol. The zero-order chi connectivity index (χ0) is 0. The molecule has 0 unspecified atom stereocenters. The fourth-order valence-corrected chi connectivity index (χ4v) is 0. The van der Waals surface area contributed by atoms with Crippen molar-refractivity contribution >= 4 is 154 Å². The number of hydrogen-bond acceptors (Lipinski definition) is 0. The molecule has 0 spiro atoms. The minimum Gasteiger partial charge on any atom is 0 e. The molecule has 0 atom stereocenters. The average molecular weight is 314 g/mol. The van der Waals surface area contributed by atoms with E-state index in [9.17, 15) is 0 Å². The summed E-state index contributed by atoms with van der Waals surface area (Å²) >= 11 is 0. The maximum absolute atomic E-state index is 0. The summed E-state index contributed by atoms with van der Waals surface area (Å²) in [5.74, 6) is 0. The molecular formula is AuK3. The van der Waals surface area contributed by atoms with Crippen LogP contribution in [0, 0.1) is 0 Å². The third-order valence-corrected chi connectivity index (χ3v) is 0. The summed E-state index contributed by atoms with van der Waals surface area (Å²) in [5, 5.41) is 0. The summed E-state index contributed by atoms with van der Waals surface area (Å²) in [6.07, 6.45) is 0. The summed E-state index contributed by atoms with van der Waals surface area (Å²) in [6.45, 7) is 0. The quantitative estimate of drug-likeness (QED) is 0.496. The minimum atomic E-state index is 0. The average Bonchev–Trinajstić information content (AvgIpc) is 0. The van der Waals surface area contributed by atoms with Crippen molar-refractivity contribution in [1.82, 2.24) is 0 Å². The third kappa shape index (κ3) is 10.6. The predicted octanol–water partition coefficient (Wildman–Crippen LogP) is -1.14. The van der Waals surface area contributed by atoms with Crippen LogP contribution in [0.4, 0.5) is 0 Å². The Labute approximate surface area is 170 Å². The van der Waals surface area contributed by atoms with Crippen LogP contribution in [0.5, 0.6) is 0 Å². The number of hydrogen-bond donors (Lipinski definition) is 0. The van der Waals surface area contributed by atoms with E-state index in [1.165, 1.54) is 0 Å². The van der Waals surface area contributed by atoms with Gasteiger partial charge in [0.2, 0.25) is 0 Å². The van der Waals surface area contributed by atoms with E-state index in [1.807, 2.05) is 0 Å². The first-order valence-electron chi connectivity index (χ1n) is 0. The van der Waals surface area contributed by atoms with Crippen molar-refractivity contribution in [2.45, 2.75) is 0 Å². The van der Waals surface area contributed by atoms with Crippen molar-refractivity contribution in [2.24, 2.45) is 0 Å². The molecule has 14 valence electrons. The van der Waals surface area contributed by atoms with Crippen LogP contribution < -0.4 is 0 Å². The van der Waals surface area contributed by atoms with Crippen molar-refractivity contribution in [1.29, 1.82) is 0 Å². The minimum absolute atomic E-state index is 0. The van der Waals surface area contributed by atoms with Crippen molar-refractivity contribution in [2.75, 3.05) is 0 Å². The van der Waals surface area contributed by atoms with Crippen LogP contribution in [0.25, 0.3) is 0 Å². The molecule has 0 heterocycles. The zero-order valence-corrected chi connectivity index (χ0v) is 14.8. The second kappa shape index (κ2) is 15.9. The van der Waals surface area contributed by atoms with Gasteiger partial charge in [0, 0.05) is 177 Å². The Hall–Kier alpha value is 5.65. The van der Waals surface area contributed by atoms with E-state index in [2.05, 4.69) is 0 Å². The van der Waals surface area contributed by atoms with E-state index < -0.39 is 0 Å². The van der Waals surface area contributed by atoms with Gasteiger partial charge in [-0.25, -0.2) is 0 Å². The Morgan fingerprint density at radius 3 is 0.500 bits per heavy atom. The molecule has 0 aromatic heterocycles. The summed E-state index contributed by atoms with van der Waals surface area (Å²) in [7, 11) is 0. The summed E-state index contributed by atoms with van der Waals surface area (Å²) in [6, 6.07) is 0. The smallest absolute Gasteiger partial charge is 0 e. The molecule has 0 fully saturated rings. The Kier molecular flexibility index (Phi) is 89.7. The second-order valence-electron chi connectivity index (χ2n) is 0. The fourth-order valence-electron chi connectivity index (χ4n) is 0. The van der Waals surface area contributed by atoms with Gasteiger partial charge < -0.3 is 0 Å². The molecule has 4 heteroatoms. The monoisotopic (exact) mass is 314 g/mol. The zero-order valence-electron chi connectivity index (χ0n) is 3.30. The van der Waals surface area contributed by atoms with Crippen LogP contribution in [-0.4, -0.2) is 154 Å². The molecule has 0 aromatic carbocycles. The Morgan fingerprint density at radius 2 is 0.500 bits per heavy atom. The van der Waals surface area contributed by atoms with Gasteiger partial charge in [-0.1, -0.05) is 0 Å². The number of rotatable bonds is 0. The van der Waals surface area contributed by atoms with Crippen LogP contribution in [0.3, 0.4) is 0 Å². The van der Waals surface area contributed by atoms with Crippen molar-refractivity contribution in [3.8, 4) is 0 Å². The van der Waals surface area contributed by atoms with Crippen molar-refractivity contribution < 1.29 is 22.4 Å². The van der Waals surface area contributed by atoms with E-state index in [4.69, 9.17) is 0 Å². The maximum Gasteiger partial charge on any atom is 0 e. The first-order valence-corrected chi connectivity index (χ1v) is 0. The molecule has 0 aliphatic carbocycles. The summed E-state index contributed by atoms with van der Waals surface area (Å²) in [4.78, 5) is 0. The van der Waals surface area contributed by atoms with Crippen LogP contribution in [0.15, 0.2) is 0 Å². The second-order valence-corrected chi connectivity index (χ2v) is 0. The fraction of sp³-hybridized carbons (Fsp3) is 0. The van der Waals surface area contributed by atoms with Gasteiger partial charge in [0.1, 0.15) is 0 Å². The van der Waals surface area contributed by atoms with Gasteiger partial charge in [0.05, 0.1) is 0 Å². The molecule has 0 aromatic rings. The van der Waals surface area contributed by atoms with E-state index >= 15 is 0 Å². The Bertz CT molecular complexity index is 3.25. The maximum atomic E-state index is 0. The SMILES string of the molecule is [Au].[K].[K].[K]. The largest absolute Gasteiger partial charge is 0 e. The standard InChI is InChI=1S/Au.3K. The van der Waals surface area contributed by atoms with Crippen LogP contribution in [0.1, 0.15) is 0 Å². The molecule has 0 rings (SSSR count). The van der Waals surface area contributed by atoms with Gasteiger partial charge >= 0.3 is 0 Å². The van der Waals surface area contributed by atoms with Crippen LogP contribution in [-0.2, 0) is 22.4 Å². The third-order valence-electron chi connectivity index (χ3n) is 0. The molecule has 4 radical (unpaired) electrons. The topological polar surface area (TPSA) is 0 Å². The van der Waals surface area contributed by atoms with Crippen LogP contribution >= 0.6 is 0 Å². The molecule has 0 bridgehead atoms. The molecule has 0 saturated carbocycles. The van der Waals surface area contributed by atoms with E-state index in [0.717, 1.165) is 0 Å². The first kappa shape index (κ1) is 22.6. The molecule has 0 aliphatic rings. The van der Waals surface area contributed by atoms with E-state index in [0.29, 0.717) is 0 Å². The van der Waals surface area contributed by atoms with Gasteiger partial charge in [-0.2, -0.15) is 0 Å². The van der Waals surface area contributed by atoms with Crippen molar-refractivity contribution in [3.63, 3.8) is 0 Å². The van der Waals surface area contributed by atoms with Gasteiger partial charge in [-0.15, -0.1) is 0 Å². The normalized spacial score (nSPS) is 0. The van der Waals surface area contributed by atoms with E-state index in [1.54, 1.807) is 0 Å². The van der Waals surface area contributed by atoms with E-state index in [-0.39, 0.29) is 177 Å². The molecule has 0 saturated heterocycles. The van der Waals surface area contributed by atoms with Gasteiger partial charge in [0.15, 0.2) is 0 Å². The molecule has 0 nitrogen and oxygen atoms in total. The van der Waals surface area contributed by atoms with Crippen molar-refractivity contribution in [3.05, 3.63) is 0 Å². The summed E-state index contributed by atoms with van der Waals surface area (Å²) < 4.78 is 0. The molecule has 4 heavy (non-hydrogen) atoms. The van der Waals surface area contributed by atoms with Crippen LogP contribution in [0.2, 0.25) is 0 Å². The predicted molar refractivity (Wildman–Crippen MR) is 17.3 cm³/mol. The van der Waals surface area contributed by atoms with Gasteiger partial charge in [-0.3, -0.25) is 0 Å². The van der Waals surface area contributed by atoms with Gasteiger partial charge in [0.25, 0.3) is 0 Å². The Balaban J connectivity index is 0. The molecule has 0 aliphatic heterocycles. The molecule has 0 N–H and O–H groups in total. The first-order chi connectivity index (χ1) is 0. The van der Waals surface area contributed by atoms with Gasteiger partial charge in [-0.05, 0) is 0 Å². The molecule has 0 amide bonds. The Morgan fingerprint density at radius 1 is 0.500 bits per heavy atom.